The lowest BCUT2D eigenvalue weighted by Gasteiger charge is -2.08. The number of carbonyl (C=O) groups is 2. The van der Waals surface area contributed by atoms with Crippen LogP contribution < -0.4 is 14.9 Å². The van der Waals surface area contributed by atoms with E-state index in [2.05, 4.69) is 26.5 Å². The Morgan fingerprint density at radius 3 is 2.48 bits per heavy atom. The lowest BCUT2D eigenvalue weighted by atomic mass is 10.2. The smallest absolute Gasteiger partial charge is 0.336 e. The van der Waals surface area contributed by atoms with E-state index in [1.165, 1.54) is 19.4 Å². The highest BCUT2D eigenvalue weighted by molar-refractivity contribution is 9.10. The Balaban J connectivity index is 1.62. The standard InChI is InChI=1S/C24H19BrN2O4/c1-30-22-14-18(16-26-27-24(29)19-8-5-9-20(25)15-19)10-12-21(22)31-23(28)13-11-17-6-3-2-4-7-17/h2-16H,1H3,(H,27,29)/b13-11+,26-16-. The number of halogens is 1. The molecule has 0 aliphatic rings. The Labute approximate surface area is 188 Å². The summed E-state index contributed by atoms with van der Waals surface area (Å²) in [7, 11) is 1.47. The van der Waals surface area contributed by atoms with Crippen LogP contribution in [0.1, 0.15) is 21.5 Å². The Morgan fingerprint density at radius 2 is 1.74 bits per heavy atom. The van der Waals surface area contributed by atoms with E-state index in [9.17, 15) is 9.59 Å². The third-order valence-electron chi connectivity index (χ3n) is 4.08. The first kappa shape index (κ1) is 22.0. The highest BCUT2D eigenvalue weighted by atomic mass is 79.9. The summed E-state index contributed by atoms with van der Waals surface area (Å²) in [5.41, 5.74) is 4.50. The fraction of sp³-hybridized carbons (Fsp3) is 0.0417. The molecular weight excluding hydrogens is 460 g/mol. The van der Waals surface area contributed by atoms with Gasteiger partial charge in [0.25, 0.3) is 5.91 Å². The second kappa shape index (κ2) is 10.9. The van der Waals surface area contributed by atoms with Gasteiger partial charge < -0.3 is 9.47 Å². The number of ether oxygens (including phenoxy) is 2. The molecule has 0 fully saturated rings. The first-order valence-electron chi connectivity index (χ1n) is 9.27. The quantitative estimate of drug-likeness (QED) is 0.173. The number of nitrogens with one attached hydrogen (secondary N) is 1. The van der Waals surface area contributed by atoms with Crippen molar-refractivity contribution in [3.63, 3.8) is 0 Å². The molecule has 0 bridgehead atoms. The zero-order chi connectivity index (χ0) is 22.1. The number of benzene rings is 3. The van der Waals surface area contributed by atoms with Gasteiger partial charge in [-0.3, -0.25) is 4.79 Å². The lowest BCUT2D eigenvalue weighted by Crippen LogP contribution is -2.17. The minimum atomic E-state index is -0.523. The summed E-state index contributed by atoms with van der Waals surface area (Å²) < 4.78 is 11.5. The molecular formula is C24H19BrN2O4. The van der Waals surface area contributed by atoms with Crippen LogP contribution in [0.3, 0.4) is 0 Å². The SMILES string of the molecule is COc1cc(/C=N\NC(=O)c2cccc(Br)c2)ccc1OC(=O)/C=C/c1ccccc1. The Bertz CT molecular complexity index is 1130. The van der Waals surface area contributed by atoms with E-state index in [4.69, 9.17) is 9.47 Å². The van der Waals surface area contributed by atoms with E-state index in [1.807, 2.05) is 36.4 Å². The van der Waals surface area contributed by atoms with Gasteiger partial charge in [0.2, 0.25) is 0 Å². The van der Waals surface area contributed by atoms with Crippen molar-refractivity contribution in [3.8, 4) is 11.5 Å². The number of methoxy groups -OCH3 is 1. The number of hydrogen-bond donors (Lipinski definition) is 1. The van der Waals surface area contributed by atoms with Crippen LogP contribution in [0.25, 0.3) is 6.08 Å². The molecule has 0 saturated carbocycles. The summed E-state index contributed by atoms with van der Waals surface area (Å²) in [5, 5.41) is 3.96. The summed E-state index contributed by atoms with van der Waals surface area (Å²) in [4.78, 5) is 24.2. The molecule has 156 valence electrons. The first-order chi connectivity index (χ1) is 15.0. The molecule has 3 aromatic rings. The number of hydrogen-bond acceptors (Lipinski definition) is 5. The maximum absolute atomic E-state index is 12.1. The molecule has 0 aromatic heterocycles. The highest BCUT2D eigenvalue weighted by Gasteiger charge is 2.09. The monoisotopic (exact) mass is 478 g/mol. The number of amides is 1. The minimum Gasteiger partial charge on any atom is -0.493 e. The summed E-state index contributed by atoms with van der Waals surface area (Å²) in [6.45, 7) is 0. The minimum absolute atomic E-state index is 0.278. The topological polar surface area (TPSA) is 77.0 Å². The van der Waals surface area contributed by atoms with Gasteiger partial charge in [0.15, 0.2) is 11.5 Å². The predicted octanol–water partition coefficient (Wildman–Crippen LogP) is 4.84. The normalized spacial score (nSPS) is 10.9. The number of carbonyl (C=O) groups excluding carboxylic acids is 2. The van der Waals surface area contributed by atoms with Crippen LogP contribution in [-0.4, -0.2) is 25.2 Å². The van der Waals surface area contributed by atoms with Crippen molar-refractivity contribution < 1.29 is 19.1 Å². The fourth-order valence-corrected chi connectivity index (χ4v) is 2.98. The van der Waals surface area contributed by atoms with E-state index < -0.39 is 5.97 Å². The van der Waals surface area contributed by atoms with Crippen LogP contribution in [-0.2, 0) is 4.79 Å². The molecule has 0 aliphatic carbocycles. The van der Waals surface area contributed by atoms with Crippen LogP contribution >= 0.6 is 15.9 Å². The van der Waals surface area contributed by atoms with Crippen LogP contribution in [0.2, 0.25) is 0 Å². The molecule has 7 heteroatoms. The van der Waals surface area contributed by atoms with Crippen molar-refractivity contribution in [1.82, 2.24) is 5.43 Å². The van der Waals surface area contributed by atoms with Crippen LogP contribution in [0.15, 0.2) is 88.4 Å². The zero-order valence-electron chi connectivity index (χ0n) is 16.6. The lowest BCUT2D eigenvalue weighted by molar-refractivity contribution is -0.129. The molecule has 0 heterocycles. The number of nitrogens with zero attached hydrogens (tertiary/aromatic N) is 1. The Hall–Kier alpha value is -3.71. The van der Waals surface area contributed by atoms with Crippen molar-refractivity contribution >= 4 is 40.1 Å². The molecule has 31 heavy (non-hydrogen) atoms. The Morgan fingerprint density at radius 1 is 0.935 bits per heavy atom. The zero-order valence-corrected chi connectivity index (χ0v) is 18.2. The molecule has 0 spiro atoms. The van der Waals surface area contributed by atoms with Crippen molar-refractivity contribution in [1.29, 1.82) is 0 Å². The predicted molar refractivity (Wildman–Crippen MR) is 123 cm³/mol. The van der Waals surface area contributed by atoms with Gasteiger partial charge in [0.05, 0.1) is 13.3 Å². The van der Waals surface area contributed by atoms with Crippen LogP contribution in [0.4, 0.5) is 0 Å². The van der Waals surface area contributed by atoms with Gasteiger partial charge >= 0.3 is 5.97 Å². The van der Waals surface area contributed by atoms with E-state index in [0.717, 1.165) is 10.0 Å². The highest BCUT2D eigenvalue weighted by Crippen LogP contribution is 2.27. The van der Waals surface area contributed by atoms with Gasteiger partial charge in [-0.15, -0.1) is 0 Å². The van der Waals surface area contributed by atoms with E-state index in [1.54, 1.807) is 42.5 Å². The van der Waals surface area contributed by atoms with Crippen LogP contribution in [0, 0.1) is 0 Å². The summed E-state index contributed by atoms with van der Waals surface area (Å²) in [6, 6.07) is 21.4. The van der Waals surface area contributed by atoms with Crippen molar-refractivity contribution in [3.05, 3.63) is 100 Å². The fourth-order valence-electron chi connectivity index (χ4n) is 2.58. The molecule has 6 nitrogen and oxygen atoms in total. The van der Waals surface area contributed by atoms with E-state index in [0.29, 0.717) is 16.9 Å². The third-order valence-corrected chi connectivity index (χ3v) is 4.57. The molecule has 0 aliphatic heterocycles. The van der Waals surface area contributed by atoms with Crippen LogP contribution in [0.5, 0.6) is 11.5 Å². The molecule has 1 N–H and O–H groups in total. The largest absolute Gasteiger partial charge is 0.493 e. The summed E-state index contributed by atoms with van der Waals surface area (Å²) in [5.74, 6) is -0.214. The number of esters is 1. The average molecular weight is 479 g/mol. The first-order valence-corrected chi connectivity index (χ1v) is 10.1. The second-order valence-electron chi connectivity index (χ2n) is 6.28. The molecule has 3 rings (SSSR count). The summed E-state index contributed by atoms with van der Waals surface area (Å²) >= 11 is 3.32. The summed E-state index contributed by atoms with van der Waals surface area (Å²) in [6.07, 6.45) is 4.49. The average Bonchev–Trinajstić information content (AvgIpc) is 2.79. The molecule has 0 atom stereocenters. The molecule has 3 aromatic carbocycles. The molecule has 1 amide bonds. The van der Waals surface area contributed by atoms with Gasteiger partial charge in [-0.2, -0.15) is 5.10 Å². The Kier molecular flexibility index (Phi) is 7.73. The molecule has 0 unspecified atom stereocenters. The van der Waals surface area contributed by atoms with Crippen molar-refractivity contribution in [2.45, 2.75) is 0 Å². The molecule has 0 radical (unpaired) electrons. The number of rotatable bonds is 7. The van der Waals surface area contributed by atoms with Gasteiger partial charge in [-0.1, -0.05) is 52.3 Å². The maximum atomic E-state index is 12.1. The van der Waals surface area contributed by atoms with Gasteiger partial charge in [0.1, 0.15) is 0 Å². The maximum Gasteiger partial charge on any atom is 0.336 e. The number of hydrazone groups is 1. The third kappa shape index (κ3) is 6.65. The van der Waals surface area contributed by atoms with Gasteiger partial charge in [0, 0.05) is 16.1 Å². The van der Waals surface area contributed by atoms with E-state index in [-0.39, 0.29) is 11.7 Å². The second-order valence-corrected chi connectivity index (χ2v) is 7.20. The van der Waals surface area contributed by atoms with Gasteiger partial charge in [-0.05, 0) is 53.6 Å². The van der Waals surface area contributed by atoms with Gasteiger partial charge in [-0.25, -0.2) is 10.2 Å². The van der Waals surface area contributed by atoms with Crippen molar-refractivity contribution in [2.75, 3.05) is 7.11 Å². The van der Waals surface area contributed by atoms with Crippen molar-refractivity contribution in [2.24, 2.45) is 5.10 Å². The van der Waals surface area contributed by atoms with E-state index >= 15 is 0 Å². The molecule has 0 saturated heterocycles.